The van der Waals surface area contributed by atoms with E-state index in [1.54, 1.807) is 48.5 Å². The summed E-state index contributed by atoms with van der Waals surface area (Å²) in [7, 11) is -3.59. The van der Waals surface area contributed by atoms with Gasteiger partial charge in [-0.1, -0.05) is 22.8 Å². The van der Waals surface area contributed by atoms with Gasteiger partial charge < -0.3 is 15.3 Å². The van der Waals surface area contributed by atoms with E-state index in [4.69, 9.17) is 19.8 Å². The normalized spacial score (nSPS) is 10.4. The Balaban J connectivity index is 0.000000181. The minimum atomic E-state index is -1.93. The van der Waals surface area contributed by atoms with Gasteiger partial charge in [0, 0.05) is 0 Å². The van der Waals surface area contributed by atoms with Crippen molar-refractivity contribution in [2.24, 2.45) is 0 Å². The van der Waals surface area contributed by atoms with Gasteiger partial charge >= 0.3 is 15.8 Å². The summed E-state index contributed by atoms with van der Waals surface area (Å²) in [6, 6.07) is 27.6. The second-order valence-corrected chi connectivity index (χ2v) is 9.34. The molecule has 8 heteroatoms. The second-order valence-electron chi connectivity index (χ2n) is 6.51. The van der Waals surface area contributed by atoms with E-state index in [9.17, 15) is 9.13 Å². The van der Waals surface area contributed by atoms with Crippen molar-refractivity contribution in [3.63, 3.8) is 0 Å². The van der Waals surface area contributed by atoms with Gasteiger partial charge in [-0.05, 0) is 89.5 Å². The minimum absolute atomic E-state index is 0.145. The summed E-state index contributed by atoms with van der Waals surface area (Å²) in [5.41, 5.74) is 0. The molecular formula is C24H20O6P2+2. The van der Waals surface area contributed by atoms with Crippen molar-refractivity contribution in [2.45, 2.75) is 0 Å². The van der Waals surface area contributed by atoms with Crippen LogP contribution in [-0.4, -0.2) is 15.3 Å². The Kier molecular flexibility index (Phi) is 7.93. The molecule has 0 bridgehead atoms. The van der Waals surface area contributed by atoms with Crippen molar-refractivity contribution >= 4 is 31.7 Å². The zero-order valence-corrected chi connectivity index (χ0v) is 18.6. The molecule has 0 heterocycles. The van der Waals surface area contributed by atoms with Gasteiger partial charge in [-0.3, -0.25) is 4.52 Å². The summed E-state index contributed by atoms with van der Waals surface area (Å²) in [6.45, 7) is 0. The van der Waals surface area contributed by atoms with E-state index in [1.165, 1.54) is 36.4 Å². The molecule has 1 unspecified atom stereocenters. The number of hydrogen-bond acceptors (Lipinski definition) is 6. The van der Waals surface area contributed by atoms with Crippen molar-refractivity contribution in [3.05, 3.63) is 103 Å². The lowest BCUT2D eigenvalue weighted by molar-refractivity contribution is 0.475. The summed E-state index contributed by atoms with van der Waals surface area (Å²) in [5, 5.41) is 29.2. The largest absolute Gasteiger partial charge is 0.597 e. The second kappa shape index (κ2) is 11.1. The minimum Gasteiger partial charge on any atom is -0.508 e. The Bertz CT molecular complexity index is 1130. The predicted molar refractivity (Wildman–Crippen MR) is 126 cm³/mol. The number of rotatable bonds is 5. The van der Waals surface area contributed by atoms with Crippen LogP contribution in [0, 0.1) is 0 Å². The molecule has 0 aliphatic heterocycles. The van der Waals surface area contributed by atoms with Gasteiger partial charge in [-0.25, -0.2) is 0 Å². The van der Waals surface area contributed by atoms with Gasteiger partial charge in [-0.2, -0.15) is 0 Å². The van der Waals surface area contributed by atoms with Crippen molar-refractivity contribution in [3.8, 4) is 23.0 Å². The summed E-state index contributed by atoms with van der Waals surface area (Å²) in [4.78, 5) is 0. The molecule has 3 N–H and O–H groups in total. The fourth-order valence-corrected chi connectivity index (χ4v) is 4.48. The van der Waals surface area contributed by atoms with Gasteiger partial charge in [-0.15, -0.1) is 0 Å². The van der Waals surface area contributed by atoms with Crippen molar-refractivity contribution < 1.29 is 29.0 Å². The van der Waals surface area contributed by atoms with Crippen LogP contribution in [0.2, 0.25) is 0 Å². The highest BCUT2D eigenvalue weighted by Crippen LogP contribution is 2.26. The molecule has 0 aliphatic carbocycles. The molecule has 32 heavy (non-hydrogen) atoms. The number of aromatic hydroxyl groups is 3. The summed E-state index contributed by atoms with van der Waals surface area (Å²) in [6.07, 6.45) is 0. The molecule has 4 rings (SSSR count). The first kappa shape index (κ1) is 23.0. The van der Waals surface area contributed by atoms with Crippen LogP contribution in [0.3, 0.4) is 0 Å². The maximum Gasteiger partial charge on any atom is 0.597 e. The van der Waals surface area contributed by atoms with Crippen LogP contribution in [0.1, 0.15) is 0 Å². The number of phenolic OH excluding ortho intramolecular Hbond substituents is 3. The summed E-state index contributed by atoms with van der Waals surface area (Å²) >= 11 is 0. The van der Waals surface area contributed by atoms with Crippen LogP contribution in [-0.2, 0) is 9.13 Å². The molecule has 0 radical (unpaired) electrons. The van der Waals surface area contributed by atoms with E-state index in [0.717, 1.165) is 0 Å². The van der Waals surface area contributed by atoms with E-state index in [-0.39, 0.29) is 17.2 Å². The first-order valence-corrected chi connectivity index (χ1v) is 11.9. The Hall–Kier alpha value is -3.72. The third-order valence-electron chi connectivity index (χ3n) is 4.16. The third-order valence-corrected chi connectivity index (χ3v) is 6.79. The molecule has 0 aliphatic rings. The highest BCUT2D eigenvalue weighted by molar-refractivity contribution is 7.61. The molecule has 0 saturated heterocycles. The lowest BCUT2D eigenvalue weighted by Crippen LogP contribution is -2.05. The molecule has 0 spiro atoms. The Morgan fingerprint density at radius 3 is 1.28 bits per heavy atom. The molecule has 0 amide bonds. The Morgan fingerprint density at radius 1 is 0.500 bits per heavy atom. The Labute approximate surface area is 187 Å². The van der Waals surface area contributed by atoms with E-state index in [0.29, 0.717) is 21.7 Å². The standard InChI is InChI=1S/2C12H9O3P/c13-9-1-5-11(6-2-9)16(15)12-7-3-10(14)4-8-12;13-10-6-8-12(9-7-10)16(14)15-11-4-2-1-3-5-11/h1-8H,(H-,13,14,15);1-9H/p+2. The topological polar surface area (TPSA) is 104 Å². The van der Waals surface area contributed by atoms with Crippen LogP contribution in [0.15, 0.2) is 103 Å². The summed E-state index contributed by atoms with van der Waals surface area (Å²) in [5.74, 6) is 1.01. The lowest BCUT2D eigenvalue weighted by Gasteiger charge is -1.92. The third kappa shape index (κ3) is 6.64. The maximum absolute atomic E-state index is 12.1. The van der Waals surface area contributed by atoms with Crippen LogP contribution < -0.4 is 20.4 Å². The van der Waals surface area contributed by atoms with Crippen molar-refractivity contribution in [1.82, 2.24) is 0 Å². The van der Waals surface area contributed by atoms with Crippen LogP contribution >= 0.6 is 15.8 Å². The zero-order chi connectivity index (χ0) is 22.9. The van der Waals surface area contributed by atoms with Gasteiger partial charge in [0.2, 0.25) is 5.30 Å². The fraction of sp³-hybridized carbons (Fsp3) is 0. The smallest absolute Gasteiger partial charge is 0.508 e. The predicted octanol–water partition coefficient (Wildman–Crippen LogP) is 4.71. The monoisotopic (exact) mass is 466 g/mol. The fourth-order valence-electron chi connectivity index (χ4n) is 2.53. The molecule has 1 atom stereocenters. The highest BCUT2D eigenvalue weighted by atomic mass is 31.1. The van der Waals surface area contributed by atoms with E-state index >= 15 is 0 Å². The molecule has 0 fully saturated rings. The van der Waals surface area contributed by atoms with Gasteiger partial charge in [0.1, 0.15) is 17.2 Å². The molecule has 0 saturated carbocycles. The average Bonchev–Trinajstić information content (AvgIpc) is 2.81. The Morgan fingerprint density at radius 2 is 0.875 bits per heavy atom. The zero-order valence-electron chi connectivity index (χ0n) is 16.8. The van der Waals surface area contributed by atoms with E-state index in [1.807, 2.05) is 18.2 Å². The van der Waals surface area contributed by atoms with Crippen LogP contribution in [0.25, 0.3) is 0 Å². The van der Waals surface area contributed by atoms with E-state index < -0.39 is 15.8 Å². The van der Waals surface area contributed by atoms with E-state index in [2.05, 4.69) is 0 Å². The maximum atomic E-state index is 12.1. The van der Waals surface area contributed by atoms with Crippen molar-refractivity contribution in [1.29, 1.82) is 0 Å². The first-order chi connectivity index (χ1) is 15.4. The van der Waals surface area contributed by atoms with Gasteiger partial charge in [0.15, 0.2) is 16.4 Å². The van der Waals surface area contributed by atoms with Gasteiger partial charge in [0.05, 0.1) is 0 Å². The number of phenols is 3. The average molecular weight is 466 g/mol. The molecular weight excluding hydrogens is 446 g/mol. The lowest BCUT2D eigenvalue weighted by atomic mass is 10.3. The number of para-hydroxylation sites is 1. The summed E-state index contributed by atoms with van der Waals surface area (Å²) < 4.78 is 29.1. The number of benzene rings is 4. The van der Waals surface area contributed by atoms with Crippen LogP contribution in [0.5, 0.6) is 23.0 Å². The van der Waals surface area contributed by atoms with Crippen LogP contribution in [0.4, 0.5) is 0 Å². The molecule has 4 aromatic carbocycles. The first-order valence-electron chi connectivity index (χ1n) is 9.47. The molecule has 4 aromatic rings. The molecule has 6 nitrogen and oxygen atoms in total. The van der Waals surface area contributed by atoms with Gasteiger partial charge in [0.25, 0.3) is 0 Å². The molecule has 0 aromatic heterocycles. The highest BCUT2D eigenvalue weighted by Gasteiger charge is 2.24. The van der Waals surface area contributed by atoms with Crippen molar-refractivity contribution in [2.75, 3.05) is 0 Å². The quantitative estimate of drug-likeness (QED) is 0.368. The molecule has 160 valence electrons. The SMILES string of the molecule is O=[P+](Oc1ccccc1)c1ccc(O)cc1.O=[P+](c1ccc(O)cc1)c1ccc(O)cc1. The number of hydrogen-bond donors (Lipinski definition) is 3.